The van der Waals surface area contributed by atoms with Gasteiger partial charge in [-0.15, -0.1) is 0 Å². The van der Waals surface area contributed by atoms with Crippen molar-refractivity contribution in [3.05, 3.63) is 101 Å². The van der Waals surface area contributed by atoms with Crippen LogP contribution < -0.4 is 0 Å². The molecule has 1 atom stereocenters. The quantitative estimate of drug-likeness (QED) is 0.449. The van der Waals surface area contributed by atoms with Crippen LogP contribution in [0, 0.1) is 6.92 Å². The van der Waals surface area contributed by atoms with E-state index in [1.54, 1.807) is 60.7 Å². The summed E-state index contributed by atoms with van der Waals surface area (Å²) in [6, 6.07) is 21.6. The Morgan fingerprint density at radius 2 is 1.33 bits per heavy atom. The van der Waals surface area contributed by atoms with E-state index in [0.717, 1.165) is 16.0 Å². The van der Waals surface area contributed by atoms with Gasteiger partial charge in [0.2, 0.25) is 0 Å². The molecular weight excluding hydrogens is 402 g/mol. The lowest BCUT2D eigenvalue weighted by Gasteiger charge is -2.26. The Kier molecular flexibility index (Phi) is 5.24. The average molecular weight is 421 g/mol. The molecule has 1 heterocycles. The predicted octanol–water partition coefficient (Wildman–Crippen LogP) is 3.57. The van der Waals surface area contributed by atoms with Crippen molar-refractivity contribution in [2.45, 2.75) is 24.5 Å². The molecule has 0 aliphatic carbocycles. The van der Waals surface area contributed by atoms with Gasteiger partial charge in [0.05, 0.1) is 16.0 Å². The Morgan fingerprint density at radius 3 is 1.90 bits per heavy atom. The van der Waals surface area contributed by atoms with Crippen LogP contribution in [-0.2, 0) is 20.7 Å². The number of carbonyl (C=O) groups excluding carboxylic acids is 2. The van der Waals surface area contributed by atoms with Crippen molar-refractivity contribution in [2.24, 2.45) is 0 Å². The van der Waals surface area contributed by atoms with E-state index in [-0.39, 0.29) is 22.4 Å². The largest absolute Gasteiger partial charge is 0.299 e. The molecule has 0 radical (unpaired) electrons. The van der Waals surface area contributed by atoms with E-state index in [9.17, 15) is 18.0 Å². The second kappa shape index (κ2) is 7.85. The normalized spacial score (nSPS) is 14.6. The number of imide groups is 1. The standard InChI is InChI=1S/C23H19NO5S/c1-16-11-13-18(14-12-16)30(27,28)29-21(15-17-7-3-2-4-8-17)24-22(25)19-9-5-6-10-20(19)23(24)26/h2-14,21H,15H2,1H3. The summed E-state index contributed by atoms with van der Waals surface area (Å²) in [5.41, 5.74) is 2.10. The highest BCUT2D eigenvalue weighted by molar-refractivity contribution is 7.86. The van der Waals surface area contributed by atoms with Crippen LogP contribution in [0.1, 0.15) is 31.8 Å². The van der Waals surface area contributed by atoms with Crippen molar-refractivity contribution < 1.29 is 22.2 Å². The van der Waals surface area contributed by atoms with Crippen LogP contribution in [0.15, 0.2) is 83.8 Å². The van der Waals surface area contributed by atoms with Crippen molar-refractivity contribution in [2.75, 3.05) is 0 Å². The Bertz CT molecular complexity index is 1170. The summed E-state index contributed by atoms with van der Waals surface area (Å²) in [5, 5.41) is 0. The van der Waals surface area contributed by atoms with Crippen LogP contribution in [0.3, 0.4) is 0 Å². The number of rotatable bonds is 6. The fourth-order valence-corrected chi connectivity index (χ4v) is 4.39. The van der Waals surface area contributed by atoms with Crippen LogP contribution in [0.4, 0.5) is 0 Å². The zero-order chi connectivity index (χ0) is 21.3. The first-order valence-corrected chi connectivity index (χ1v) is 10.8. The molecule has 0 aromatic heterocycles. The minimum absolute atomic E-state index is 0.0391. The van der Waals surface area contributed by atoms with E-state index in [4.69, 9.17) is 4.18 Å². The van der Waals surface area contributed by atoms with Crippen LogP contribution in [0.2, 0.25) is 0 Å². The average Bonchev–Trinajstić information content (AvgIpc) is 2.99. The van der Waals surface area contributed by atoms with Gasteiger partial charge in [0, 0.05) is 6.42 Å². The monoisotopic (exact) mass is 421 g/mol. The third-order valence-corrected chi connectivity index (χ3v) is 6.24. The molecule has 0 fully saturated rings. The molecule has 6 nitrogen and oxygen atoms in total. The number of fused-ring (bicyclic) bond motifs is 1. The van der Waals surface area contributed by atoms with Gasteiger partial charge in [-0.2, -0.15) is 8.42 Å². The molecular formula is C23H19NO5S. The number of nitrogens with zero attached hydrogens (tertiary/aromatic N) is 1. The molecule has 7 heteroatoms. The molecule has 3 aromatic rings. The molecule has 30 heavy (non-hydrogen) atoms. The van der Waals surface area contributed by atoms with Gasteiger partial charge < -0.3 is 0 Å². The summed E-state index contributed by atoms with van der Waals surface area (Å²) >= 11 is 0. The summed E-state index contributed by atoms with van der Waals surface area (Å²) in [6.45, 7) is 1.84. The second-order valence-corrected chi connectivity index (χ2v) is 8.61. The lowest BCUT2D eigenvalue weighted by Crippen LogP contribution is -2.44. The molecule has 1 aliphatic rings. The Labute approximate surface area is 174 Å². The molecule has 0 saturated heterocycles. The summed E-state index contributed by atoms with van der Waals surface area (Å²) < 4.78 is 31.3. The van der Waals surface area contributed by atoms with Crippen LogP contribution in [0.5, 0.6) is 0 Å². The molecule has 1 aliphatic heterocycles. The number of benzene rings is 3. The van der Waals surface area contributed by atoms with Crippen molar-refractivity contribution in [3.8, 4) is 0 Å². The fourth-order valence-electron chi connectivity index (χ4n) is 3.36. The Hall–Kier alpha value is -3.29. The molecule has 1 unspecified atom stereocenters. The van der Waals surface area contributed by atoms with Gasteiger partial charge in [-0.05, 0) is 36.8 Å². The number of hydrogen-bond donors (Lipinski definition) is 0. The highest BCUT2D eigenvalue weighted by Crippen LogP contribution is 2.28. The van der Waals surface area contributed by atoms with Gasteiger partial charge in [0.25, 0.3) is 21.9 Å². The molecule has 3 aromatic carbocycles. The molecule has 0 bridgehead atoms. The van der Waals surface area contributed by atoms with E-state index < -0.39 is 28.2 Å². The maximum atomic E-state index is 12.9. The first kappa shape index (κ1) is 20.0. The van der Waals surface area contributed by atoms with Crippen molar-refractivity contribution in [1.29, 1.82) is 0 Å². The highest BCUT2D eigenvalue weighted by Gasteiger charge is 2.42. The Balaban J connectivity index is 1.71. The van der Waals surface area contributed by atoms with Crippen molar-refractivity contribution >= 4 is 21.9 Å². The van der Waals surface area contributed by atoms with E-state index in [1.165, 1.54) is 12.1 Å². The van der Waals surface area contributed by atoms with Gasteiger partial charge in [-0.25, -0.2) is 9.08 Å². The summed E-state index contributed by atoms with van der Waals surface area (Å²) in [5.74, 6) is -1.15. The van der Waals surface area contributed by atoms with Gasteiger partial charge in [0.1, 0.15) is 0 Å². The molecule has 2 amide bonds. The smallest absolute Gasteiger partial charge is 0.268 e. The molecule has 4 rings (SSSR count). The highest BCUT2D eigenvalue weighted by atomic mass is 32.2. The lowest BCUT2D eigenvalue weighted by molar-refractivity contribution is 0.0264. The predicted molar refractivity (Wildman–Crippen MR) is 110 cm³/mol. The molecule has 0 spiro atoms. The molecule has 0 saturated carbocycles. The number of aryl methyl sites for hydroxylation is 1. The first-order valence-electron chi connectivity index (χ1n) is 9.37. The maximum absolute atomic E-state index is 12.9. The number of amides is 2. The zero-order valence-corrected chi connectivity index (χ0v) is 17.0. The molecule has 152 valence electrons. The van der Waals surface area contributed by atoms with Crippen molar-refractivity contribution in [3.63, 3.8) is 0 Å². The van der Waals surface area contributed by atoms with Crippen LogP contribution in [0.25, 0.3) is 0 Å². The molecule has 0 N–H and O–H groups in total. The van der Waals surface area contributed by atoms with Crippen molar-refractivity contribution in [1.82, 2.24) is 4.90 Å². The van der Waals surface area contributed by atoms with E-state index in [0.29, 0.717) is 0 Å². The van der Waals surface area contributed by atoms with Gasteiger partial charge in [-0.1, -0.05) is 60.2 Å². The topological polar surface area (TPSA) is 80.8 Å². The zero-order valence-electron chi connectivity index (χ0n) is 16.2. The maximum Gasteiger partial charge on any atom is 0.299 e. The van der Waals surface area contributed by atoms with Gasteiger partial charge in [-0.3, -0.25) is 9.59 Å². The van der Waals surface area contributed by atoms with Crippen LogP contribution >= 0.6 is 0 Å². The third-order valence-electron chi connectivity index (χ3n) is 4.91. The second-order valence-electron chi connectivity index (χ2n) is 7.03. The fraction of sp³-hybridized carbons (Fsp3) is 0.130. The lowest BCUT2D eigenvalue weighted by atomic mass is 10.1. The first-order chi connectivity index (χ1) is 14.4. The summed E-state index contributed by atoms with van der Waals surface area (Å²) in [6.07, 6.45) is -1.27. The third kappa shape index (κ3) is 3.77. The number of hydrogen-bond acceptors (Lipinski definition) is 5. The van der Waals surface area contributed by atoms with Crippen LogP contribution in [-0.4, -0.2) is 31.4 Å². The van der Waals surface area contributed by atoms with E-state index in [2.05, 4.69) is 0 Å². The summed E-state index contributed by atoms with van der Waals surface area (Å²) in [7, 11) is -4.21. The van der Waals surface area contributed by atoms with Gasteiger partial charge in [0.15, 0.2) is 6.23 Å². The summed E-state index contributed by atoms with van der Waals surface area (Å²) in [4.78, 5) is 26.7. The van der Waals surface area contributed by atoms with E-state index >= 15 is 0 Å². The van der Waals surface area contributed by atoms with Gasteiger partial charge >= 0.3 is 0 Å². The number of carbonyl (C=O) groups is 2. The SMILES string of the molecule is Cc1ccc(S(=O)(=O)OC(Cc2ccccc2)N2C(=O)c3ccccc3C2=O)cc1. The van der Waals surface area contributed by atoms with E-state index in [1.807, 2.05) is 13.0 Å². The Morgan fingerprint density at radius 1 is 0.800 bits per heavy atom. The minimum Gasteiger partial charge on any atom is -0.268 e. The minimum atomic E-state index is -4.21.